The van der Waals surface area contributed by atoms with Gasteiger partial charge in [0.1, 0.15) is 17.3 Å². The number of fused-ring (bicyclic) bond motifs is 1. The smallest absolute Gasteiger partial charge is 0.475 e. The van der Waals surface area contributed by atoms with Gasteiger partial charge in [-0.3, -0.25) is 9.59 Å². The van der Waals surface area contributed by atoms with Crippen LogP contribution in [0.4, 0.5) is 0 Å². The van der Waals surface area contributed by atoms with Gasteiger partial charge in [0.15, 0.2) is 0 Å². The van der Waals surface area contributed by atoms with Crippen LogP contribution in [0.2, 0.25) is 0 Å². The highest BCUT2D eigenvalue weighted by atomic mass is 16.5. The lowest BCUT2D eigenvalue weighted by atomic mass is 9.75. The minimum atomic E-state index is -1.80. The fraction of sp³-hybridized carbons (Fsp3) is 0.304. The van der Waals surface area contributed by atoms with Gasteiger partial charge in [-0.2, -0.15) is 0 Å². The Kier molecular flexibility index (Phi) is 7.91. The van der Waals surface area contributed by atoms with Crippen molar-refractivity contribution in [3.63, 3.8) is 0 Å². The van der Waals surface area contributed by atoms with Gasteiger partial charge < -0.3 is 29.8 Å². The highest BCUT2D eigenvalue weighted by Crippen LogP contribution is 2.22. The molecule has 0 radical (unpaired) electrons. The number of benzene rings is 2. The van der Waals surface area contributed by atoms with Crippen LogP contribution in [0.1, 0.15) is 18.1 Å². The van der Waals surface area contributed by atoms with E-state index >= 15 is 0 Å². The lowest BCUT2D eigenvalue weighted by Crippen LogP contribution is -2.51. The first-order chi connectivity index (χ1) is 15.4. The third-order valence-corrected chi connectivity index (χ3v) is 5.32. The van der Waals surface area contributed by atoms with Crippen molar-refractivity contribution >= 4 is 29.9 Å². The van der Waals surface area contributed by atoms with Gasteiger partial charge in [0.25, 0.3) is 0 Å². The van der Waals surface area contributed by atoms with Crippen molar-refractivity contribution in [3.8, 4) is 5.75 Å². The normalized spacial score (nSPS) is 12.8. The highest BCUT2D eigenvalue weighted by molar-refractivity contribution is 6.43. The first-order valence-electron chi connectivity index (χ1n) is 10.4. The van der Waals surface area contributed by atoms with Gasteiger partial charge in [-0.15, -0.1) is 0 Å². The lowest BCUT2D eigenvalue weighted by Gasteiger charge is -2.20. The molecule has 8 nitrogen and oxygen atoms in total. The number of hydrogen-bond donors (Lipinski definition) is 4. The average molecular weight is 438 g/mol. The van der Waals surface area contributed by atoms with Crippen LogP contribution in [0.5, 0.6) is 5.75 Å². The maximum absolute atomic E-state index is 12.6. The molecule has 32 heavy (non-hydrogen) atoms. The Morgan fingerprint density at radius 1 is 1.12 bits per heavy atom. The first kappa shape index (κ1) is 23.4. The number of amides is 2. The van der Waals surface area contributed by atoms with E-state index in [1.54, 1.807) is 13.2 Å². The molecule has 0 saturated carbocycles. The number of ether oxygens (including phenoxy) is 1. The largest absolute Gasteiger partial charge is 0.497 e. The first-order valence-corrected chi connectivity index (χ1v) is 10.4. The Morgan fingerprint density at radius 2 is 1.91 bits per heavy atom. The summed E-state index contributed by atoms with van der Waals surface area (Å²) in [6.45, 7) is 1.83. The number of carbonyl (C=O) groups excluding carboxylic acids is 2. The summed E-state index contributed by atoms with van der Waals surface area (Å²) < 4.78 is 10.6. The van der Waals surface area contributed by atoms with Crippen LogP contribution in [-0.4, -0.2) is 48.6 Å². The van der Waals surface area contributed by atoms with Gasteiger partial charge in [-0.25, -0.2) is 0 Å². The molecule has 0 spiro atoms. The van der Waals surface area contributed by atoms with Crippen molar-refractivity contribution in [1.82, 2.24) is 10.6 Å². The molecular formula is C23H27BN2O6. The van der Waals surface area contributed by atoms with Crippen LogP contribution in [0, 0.1) is 5.92 Å². The van der Waals surface area contributed by atoms with Crippen molar-refractivity contribution < 1.29 is 28.8 Å². The maximum Gasteiger partial charge on any atom is 0.475 e. The summed E-state index contributed by atoms with van der Waals surface area (Å²) in [5.41, 5.74) is 2.40. The van der Waals surface area contributed by atoms with Crippen LogP contribution < -0.4 is 15.4 Å². The van der Waals surface area contributed by atoms with E-state index in [0.717, 1.165) is 22.3 Å². The second-order valence-corrected chi connectivity index (χ2v) is 7.60. The van der Waals surface area contributed by atoms with Crippen molar-refractivity contribution in [2.24, 2.45) is 5.92 Å². The van der Waals surface area contributed by atoms with E-state index in [9.17, 15) is 19.6 Å². The second kappa shape index (κ2) is 10.8. The summed E-state index contributed by atoms with van der Waals surface area (Å²) in [4.78, 5) is 25.0. The standard InChI is InChI=1S/C23H27BN2O6/c1-15(22(27)25-11-10-16-6-5-7-18(12-16)31-2)23(28)26-21(24(29)30)13-17-14-32-20-9-4-3-8-19(17)20/h3-9,12,14-15,21,29-30H,10-11,13H2,1-2H3,(H,25,27)(H,26,28). The predicted molar refractivity (Wildman–Crippen MR) is 121 cm³/mol. The fourth-order valence-electron chi connectivity index (χ4n) is 3.40. The van der Waals surface area contributed by atoms with Gasteiger partial charge in [-0.05, 0) is 49.1 Å². The summed E-state index contributed by atoms with van der Waals surface area (Å²) in [6, 6.07) is 14.9. The Morgan fingerprint density at radius 3 is 2.66 bits per heavy atom. The van der Waals surface area contributed by atoms with E-state index in [1.165, 1.54) is 13.2 Å². The van der Waals surface area contributed by atoms with Gasteiger partial charge >= 0.3 is 7.12 Å². The Hall–Kier alpha value is -3.30. The Bertz CT molecular complexity index is 1070. The van der Waals surface area contributed by atoms with Gasteiger partial charge in [0, 0.05) is 11.9 Å². The SMILES string of the molecule is COc1cccc(CCNC(=O)C(C)C(=O)NC(Cc2coc3ccccc23)B(O)O)c1. The molecule has 0 aliphatic rings. The summed E-state index contributed by atoms with van der Waals surface area (Å²) in [6.07, 6.45) is 2.26. The molecule has 2 atom stereocenters. The third-order valence-electron chi connectivity index (χ3n) is 5.32. The van der Waals surface area contributed by atoms with Crippen molar-refractivity contribution in [2.75, 3.05) is 13.7 Å². The molecule has 3 aromatic rings. The molecule has 2 amide bonds. The third kappa shape index (κ3) is 5.90. The van der Waals surface area contributed by atoms with E-state index in [2.05, 4.69) is 10.6 Å². The molecule has 1 heterocycles. The zero-order valence-corrected chi connectivity index (χ0v) is 18.1. The van der Waals surface area contributed by atoms with Crippen molar-refractivity contribution in [3.05, 3.63) is 65.9 Å². The lowest BCUT2D eigenvalue weighted by molar-refractivity contribution is -0.134. The predicted octanol–water partition coefficient (Wildman–Crippen LogP) is 1.48. The number of nitrogens with one attached hydrogen (secondary N) is 2. The molecule has 2 unspecified atom stereocenters. The summed E-state index contributed by atoms with van der Waals surface area (Å²) in [7, 11) is -0.205. The van der Waals surface area contributed by atoms with Crippen LogP contribution in [-0.2, 0) is 22.4 Å². The Labute approximate surface area is 186 Å². The molecule has 9 heteroatoms. The van der Waals surface area contributed by atoms with Gasteiger partial charge in [0.05, 0.1) is 19.3 Å². The fourth-order valence-corrected chi connectivity index (χ4v) is 3.40. The number of methoxy groups -OCH3 is 1. The molecule has 0 aliphatic carbocycles. The minimum Gasteiger partial charge on any atom is -0.497 e. The number of para-hydroxylation sites is 1. The molecule has 2 aromatic carbocycles. The summed E-state index contributed by atoms with van der Waals surface area (Å²) >= 11 is 0. The molecule has 0 fully saturated rings. The number of hydrogen-bond acceptors (Lipinski definition) is 6. The molecular weight excluding hydrogens is 411 g/mol. The van der Waals surface area contributed by atoms with E-state index in [4.69, 9.17) is 9.15 Å². The zero-order valence-electron chi connectivity index (χ0n) is 18.1. The molecule has 0 aliphatic heterocycles. The second-order valence-electron chi connectivity index (χ2n) is 7.60. The molecule has 0 bridgehead atoms. The number of furan rings is 1. The van der Waals surface area contributed by atoms with E-state index < -0.39 is 30.8 Å². The highest BCUT2D eigenvalue weighted by Gasteiger charge is 2.30. The van der Waals surface area contributed by atoms with Gasteiger partial charge in [0.2, 0.25) is 11.8 Å². The number of carbonyl (C=O) groups is 2. The van der Waals surface area contributed by atoms with E-state index in [-0.39, 0.29) is 6.42 Å². The van der Waals surface area contributed by atoms with Crippen molar-refractivity contribution in [1.29, 1.82) is 0 Å². The van der Waals surface area contributed by atoms with Crippen LogP contribution in [0.3, 0.4) is 0 Å². The quantitative estimate of drug-likeness (QED) is 0.281. The summed E-state index contributed by atoms with van der Waals surface area (Å²) in [5.74, 6) is -2.28. The van der Waals surface area contributed by atoms with Crippen molar-refractivity contribution in [2.45, 2.75) is 25.7 Å². The van der Waals surface area contributed by atoms with Gasteiger partial charge in [-0.1, -0.05) is 30.3 Å². The zero-order chi connectivity index (χ0) is 23.1. The minimum absolute atomic E-state index is 0.143. The molecule has 4 N–H and O–H groups in total. The molecule has 0 saturated heterocycles. The molecule has 1 aromatic heterocycles. The van der Waals surface area contributed by atoms with Crippen LogP contribution in [0.15, 0.2) is 59.2 Å². The maximum atomic E-state index is 12.6. The topological polar surface area (TPSA) is 121 Å². The Balaban J connectivity index is 1.54. The monoisotopic (exact) mass is 438 g/mol. The van der Waals surface area contributed by atoms with E-state index in [1.807, 2.05) is 42.5 Å². The van der Waals surface area contributed by atoms with Crippen LogP contribution in [0.25, 0.3) is 11.0 Å². The summed E-state index contributed by atoms with van der Waals surface area (Å²) in [5, 5.41) is 25.7. The molecule has 3 rings (SSSR count). The van der Waals surface area contributed by atoms with E-state index in [0.29, 0.717) is 18.5 Å². The average Bonchev–Trinajstić information content (AvgIpc) is 3.20. The molecule has 168 valence electrons. The number of rotatable bonds is 10. The van der Waals surface area contributed by atoms with Crippen LogP contribution >= 0.6 is 0 Å².